The zero-order valence-electron chi connectivity index (χ0n) is 9.88. The van der Waals surface area contributed by atoms with E-state index in [0.717, 1.165) is 6.07 Å². The molecule has 0 saturated heterocycles. The summed E-state index contributed by atoms with van der Waals surface area (Å²) in [4.78, 5) is 0. The summed E-state index contributed by atoms with van der Waals surface area (Å²) in [5, 5.41) is -0.288. The zero-order valence-corrected chi connectivity index (χ0v) is 11.4. The minimum absolute atomic E-state index is 0. The van der Waals surface area contributed by atoms with Crippen LogP contribution in [0.3, 0.4) is 0 Å². The Kier molecular flexibility index (Phi) is 4.82. The number of alkyl halides is 3. The molecule has 0 spiro atoms. The number of benzene rings is 1. The van der Waals surface area contributed by atoms with Gasteiger partial charge in [-0.05, 0) is 18.6 Å². The summed E-state index contributed by atoms with van der Waals surface area (Å²) >= 11 is 5.86. The van der Waals surface area contributed by atoms with Crippen molar-refractivity contribution < 1.29 is 30.1 Å². The van der Waals surface area contributed by atoms with E-state index in [4.69, 9.17) is 11.6 Å². The molecule has 1 nitrogen and oxygen atoms in total. The average Bonchev–Trinajstić information content (AvgIpc) is 2.31. The number of halogens is 5. The second-order valence-corrected chi connectivity index (χ2v) is 4.30. The maximum atomic E-state index is 12.8. The van der Waals surface area contributed by atoms with Crippen molar-refractivity contribution in [3.05, 3.63) is 58.9 Å². The Hall–Kier alpha value is -1.26. The predicted molar refractivity (Wildman–Crippen MR) is 62.7 cm³/mol. The molecular formula is C13H10Cl2F3N. The smallest absolute Gasteiger partial charge is 0.418 e. The third-order valence-electron chi connectivity index (χ3n) is 2.50. The van der Waals surface area contributed by atoms with Crippen LogP contribution in [-0.4, -0.2) is 0 Å². The molecule has 1 heterocycles. The van der Waals surface area contributed by atoms with Gasteiger partial charge < -0.3 is 12.4 Å². The Balaban J connectivity index is 0.00000180. The van der Waals surface area contributed by atoms with E-state index in [1.807, 2.05) is 0 Å². The summed E-state index contributed by atoms with van der Waals surface area (Å²) in [5.74, 6) is 0. The molecule has 0 amide bonds. The summed E-state index contributed by atoms with van der Waals surface area (Å²) in [6.07, 6.45) is -1.14. The van der Waals surface area contributed by atoms with Crippen LogP contribution in [0.5, 0.6) is 0 Å². The predicted octanol–water partition coefficient (Wildman–Crippen LogP) is 0.948. The first kappa shape index (κ1) is 15.8. The van der Waals surface area contributed by atoms with E-state index in [1.54, 1.807) is 48.1 Å². The van der Waals surface area contributed by atoms with E-state index < -0.39 is 11.7 Å². The fourth-order valence-corrected chi connectivity index (χ4v) is 2.02. The largest absolute Gasteiger partial charge is 1.00 e. The summed E-state index contributed by atoms with van der Waals surface area (Å²) in [7, 11) is 0. The topological polar surface area (TPSA) is 3.88 Å². The van der Waals surface area contributed by atoms with Gasteiger partial charge in [0.1, 0.15) is 5.02 Å². The first-order valence-electron chi connectivity index (χ1n) is 5.23. The number of aromatic nitrogens is 1. The molecule has 0 saturated carbocycles. The van der Waals surface area contributed by atoms with Crippen molar-refractivity contribution in [2.45, 2.75) is 13.1 Å². The highest BCUT2D eigenvalue weighted by atomic mass is 35.5. The van der Waals surface area contributed by atoms with Crippen molar-refractivity contribution in [3.63, 3.8) is 0 Å². The number of hydrogen-bond donors (Lipinski definition) is 0. The molecule has 6 heteroatoms. The van der Waals surface area contributed by atoms with Gasteiger partial charge in [-0.3, -0.25) is 0 Å². The fraction of sp³-hybridized carbons (Fsp3) is 0.154. The lowest BCUT2D eigenvalue weighted by atomic mass is 10.1. The Labute approximate surface area is 120 Å². The summed E-state index contributed by atoms with van der Waals surface area (Å²) in [6, 6.07) is 7.91. The molecule has 0 N–H and O–H groups in total. The van der Waals surface area contributed by atoms with Crippen molar-refractivity contribution in [1.82, 2.24) is 0 Å². The fourth-order valence-electron chi connectivity index (χ4n) is 1.70. The molecule has 1 aromatic carbocycles. The van der Waals surface area contributed by atoms with Gasteiger partial charge >= 0.3 is 6.18 Å². The molecule has 0 aliphatic rings. The van der Waals surface area contributed by atoms with Crippen LogP contribution >= 0.6 is 11.6 Å². The molecule has 2 rings (SSSR count). The van der Waals surface area contributed by atoms with Crippen molar-refractivity contribution >= 4 is 11.6 Å². The normalized spacial score (nSPS) is 11.0. The lowest BCUT2D eigenvalue weighted by Crippen LogP contribution is -3.00. The quantitative estimate of drug-likeness (QED) is 0.691. The van der Waals surface area contributed by atoms with Gasteiger partial charge in [-0.25, -0.2) is 0 Å². The Morgan fingerprint density at radius 2 is 1.63 bits per heavy atom. The van der Waals surface area contributed by atoms with E-state index >= 15 is 0 Å². The number of rotatable bonds is 1. The van der Waals surface area contributed by atoms with Crippen LogP contribution in [0.2, 0.25) is 5.02 Å². The summed E-state index contributed by atoms with van der Waals surface area (Å²) in [6.45, 7) is 1.61. The molecule has 1 aromatic heterocycles. The van der Waals surface area contributed by atoms with Crippen LogP contribution in [0.15, 0.2) is 42.7 Å². The van der Waals surface area contributed by atoms with Crippen LogP contribution in [0.4, 0.5) is 13.2 Å². The van der Waals surface area contributed by atoms with Gasteiger partial charge in [0, 0.05) is 18.2 Å². The first-order chi connectivity index (χ1) is 8.39. The molecule has 0 atom stereocenters. The molecule has 0 aliphatic carbocycles. The average molecular weight is 308 g/mol. The molecule has 2 aromatic rings. The van der Waals surface area contributed by atoms with Gasteiger partial charge in [0.2, 0.25) is 5.69 Å². The van der Waals surface area contributed by atoms with Crippen LogP contribution in [-0.2, 0) is 6.18 Å². The molecule has 0 aliphatic heterocycles. The van der Waals surface area contributed by atoms with Crippen molar-refractivity contribution in [2.75, 3.05) is 0 Å². The lowest BCUT2D eigenvalue weighted by molar-refractivity contribution is -0.595. The Bertz CT molecular complexity index is 568. The summed E-state index contributed by atoms with van der Waals surface area (Å²) < 4.78 is 40.1. The van der Waals surface area contributed by atoms with Gasteiger partial charge in [0.05, 0.1) is 5.56 Å². The lowest BCUT2D eigenvalue weighted by Gasteiger charge is -2.10. The molecule has 102 valence electrons. The molecule has 0 fully saturated rings. The van der Waals surface area contributed by atoms with Crippen LogP contribution < -0.4 is 17.0 Å². The first-order valence-corrected chi connectivity index (χ1v) is 5.61. The molecule has 0 bridgehead atoms. The van der Waals surface area contributed by atoms with Gasteiger partial charge in [0.15, 0.2) is 12.4 Å². The highest BCUT2D eigenvalue weighted by Crippen LogP contribution is 2.37. The van der Waals surface area contributed by atoms with Crippen molar-refractivity contribution in [1.29, 1.82) is 0 Å². The molecule has 19 heavy (non-hydrogen) atoms. The number of aryl methyl sites for hydroxylation is 1. The van der Waals surface area contributed by atoms with E-state index in [-0.39, 0.29) is 17.4 Å². The minimum Gasteiger partial charge on any atom is -1.00 e. The molecular weight excluding hydrogens is 298 g/mol. The SMILES string of the molecule is Cc1cc(-[n+]2ccccc2)c(Cl)c(C(F)(F)F)c1.[Cl-]. The number of hydrogen-bond acceptors (Lipinski definition) is 0. The third kappa shape index (κ3) is 3.39. The number of nitrogens with zero attached hydrogens (tertiary/aromatic N) is 1. The standard InChI is InChI=1S/C13H10ClF3N.ClH/c1-9-7-10(13(15,16)17)12(14)11(8-9)18-5-3-2-4-6-18;/h2-8H,1H3;1H/q+1;/p-1. The van der Waals surface area contributed by atoms with Gasteiger partial charge in [0.25, 0.3) is 0 Å². The highest BCUT2D eigenvalue weighted by molar-refractivity contribution is 6.33. The van der Waals surface area contributed by atoms with E-state index in [9.17, 15) is 13.2 Å². The van der Waals surface area contributed by atoms with E-state index in [0.29, 0.717) is 11.3 Å². The molecule has 0 radical (unpaired) electrons. The van der Waals surface area contributed by atoms with E-state index in [1.165, 1.54) is 0 Å². The van der Waals surface area contributed by atoms with Crippen LogP contribution in [0.1, 0.15) is 11.1 Å². The van der Waals surface area contributed by atoms with Crippen molar-refractivity contribution in [3.8, 4) is 5.69 Å². The maximum absolute atomic E-state index is 12.8. The van der Waals surface area contributed by atoms with Crippen LogP contribution in [0.25, 0.3) is 5.69 Å². The maximum Gasteiger partial charge on any atom is 0.418 e. The number of pyridine rings is 1. The molecule has 0 unspecified atom stereocenters. The third-order valence-corrected chi connectivity index (χ3v) is 2.89. The van der Waals surface area contributed by atoms with Crippen molar-refractivity contribution in [2.24, 2.45) is 0 Å². The van der Waals surface area contributed by atoms with E-state index in [2.05, 4.69) is 0 Å². The highest BCUT2D eigenvalue weighted by Gasteiger charge is 2.36. The zero-order chi connectivity index (χ0) is 13.3. The Morgan fingerprint density at radius 1 is 1.05 bits per heavy atom. The second kappa shape index (κ2) is 5.80. The monoisotopic (exact) mass is 307 g/mol. The van der Waals surface area contributed by atoms with Gasteiger partial charge in [-0.2, -0.15) is 17.7 Å². The second-order valence-electron chi connectivity index (χ2n) is 3.93. The Morgan fingerprint density at radius 3 is 2.16 bits per heavy atom. The van der Waals surface area contributed by atoms with Gasteiger partial charge in [-0.1, -0.05) is 17.7 Å². The van der Waals surface area contributed by atoms with Crippen LogP contribution in [0, 0.1) is 6.92 Å². The summed E-state index contributed by atoms with van der Waals surface area (Å²) in [5.41, 5.74) is 0.0261. The van der Waals surface area contributed by atoms with Gasteiger partial charge in [-0.15, -0.1) is 0 Å². The minimum atomic E-state index is -4.45.